The van der Waals surface area contributed by atoms with E-state index < -0.39 is 18.1 Å². The van der Waals surface area contributed by atoms with Crippen molar-refractivity contribution in [1.29, 1.82) is 0 Å². The number of nitrogens with one attached hydrogen (secondary N) is 1. The molecule has 0 unspecified atom stereocenters. The lowest BCUT2D eigenvalue weighted by molar-refractivity contribution is -0.193. The topological polar surface area (TPSA) is 80.9 Å². The largest absolute Gasteiger partial charge is 0.496 e. The number of hydrogen-bond donors (Lipinski definition) is 1. The van der Waals surface area contributed by atoms with Crippen LogP contribution in [0.1, 0.15) is 58.8 Å². The fourth-order valence-corrected chi connectivity index (χ4v) is 5.74. The van der Waals surface area contributed by atoms with Crippen molar-refractivity contribution >= 4 is 22.8 Å². The number of carbonyl (C=O) groups excluding carboxylic acids is 2. The number of aromatic nitrogens is 1. The van der Waals surface area contributed by atoms with Crippen LogP contribution in [0, 0.1) is 6.92 Å². The lowest BCUT2D eigenvalue weighted by Crippen LogP contribution is -2.45. The fraction of sp³-hybridized carbons (Fsp3) is 0.429. The zero-order valence-electron chi connectivity index (χ0n) is 21.2. The molecule has 0 saturated carbocycles. The van der Waals surface area contributed by atoms with Crippen LogP contribution in [0.4, 0.5) is 13.2 Å². The molecule has 0 amide bonds. The molecule has 1 N–H and O–H groups in total. The number of hydrogen-bond acceptors (Lipinski definition) is 6. The molecule has 0 aliphatic carbocycles. The van der Waals surface area contributed by atoms with E-state index >= 15 is 0 Å². The summed E-state index contributed by atoms with van der Waals surface area (Å²) < 4.78 is 53.4. The summed E-state index contributed by atoms with van der Waals surface area (Å²) in [6, 6.07) is 10.2. The minimum atomic E-state index is -5.24. The lowest BCUT2D eigenvalue weighted by atomic mass is 9.81. The number of likely N-dealkylation sites (tertiary alicyclic amines) is 1. The Hall–Kier alpha value is -3.37. The van der Waals surface area contributed by atoms with Gasteiger partial charge in [-0.15, -0.1) is 0 Å². The number of alkyl halides is 3. The first kappa shape index (κ1) is 26.2. The second-order valence-corrected chi connectivity index (χ2v) is 10.0. The predicted octanol–water partition coefficient (Wildman–Crippen LogP) is 5.62. The molecule has 2 saturated heterocycles. The molecule has 38 heavy (non-hydrogen) atoms. The Morgan fingerprint density at radius 1 is 1.18 bits per heavy atom. The van der Waals surface area contributed by atoms with Gasteiger partial charge >= 0.3 is 18.1 Å². The van der Waals surface area contributed by atoms with Crippen LogP contribution in [0.5, 0.6) is 5.75 Å². The first-order chi connectivity index (χ1) is 18.1. The Morgan fingerprint density at radius 3 is 2.61 bits per heavy atom. The van der Waals surface area contributed by atoms with Crippen molar-refractivity contribution in [1.82, 2.24) is 9.88 Å². The summed E-state index contributed by atoms with van der Waals surface area (Å²) >= 11 is 0. The second kappa shape index (κ2) is 10.1. The monoisotopic (exact) mass is 530 g/mol. The molecule has 0 radical (unpaired) electrons. The predicted molar refractivity (Wildman–Crippen MR) is 133 cm³/mol. The van der Waals surface area contributed by atoms with E-state index in [1.165, 1.54) is 12.1 Å². The van der Waals surface area contributed by atoms with E-state index in [9.17, 15) is 22.8 Å². The molecule has 7 nitrogen and oxygen atoms in total. The molecular weight excluding hydrogens is 501 g/mol. The molecule has 1 spiro atoms. The highest BCUT2D eigenvalue weighted by atomic mass is 19.4. The number of H-pyrrole nitrogens is 1. The van der Waals surface area contributed by atoms with Gasteiger partial charge in [0.25, 0.3) is 0 Å². The molecule has 2 aliphatic rings. The number of ether oxygens (including phenoxy) is 3. The van der Waals surface area contributed by atoms with E-state index in [-0.39, 0.29) is 17.2 Å². The van der Waals surface area contributed by atoms with Gasteiger partial charge < -0.3 is 19.2 Å². The quantitative estimate of drug-likeness (QED) is 0.341. The van der Waals surface area contributed by atoms with Gasteiger partial charge in [-0.25, -0.2) is 9.59 Å². The Labute approximate surface area is 217 Å². The highest BCUT2D eigenvalue weighted by Gasteiger charge is 2.44. The third kappa shape index (κ3) is 5.02. The van der Waals surface area contributed by atoms with Crippen molar-refractivity contribution in [2.75, 3.05) is 20.3 Å². The summed E-state index contributed by atoms with van der Waals surface area (Å²) in [4.78, 5) is 28.8. The van der Waals surface area contributed by atoms with Gasteiger partial charge in [0.1, 0.15) is 5.75 Å². The van der Waals surface area contributed by atoms with E-state index in [1.807, 2.05) is 25.3 Å². The summed E-state index contributed by atoms with van der Waals surface area (Å²) in [5.41, 5.74) is 3.75. The number of benzene rings is 2. The average Bonchev–Trinajstić information content (AvgIpc) is 3.57. The molecule has 0 bridgehead atoms. The summed E-state index contributed by atoms with van der Waals surface area (Å²) in [5.74, 6) is -3.07. The van der Waals surface area contributed by atoms with E-state index in [4.69, 9.17) is 9.47 Å². The van der Waals surface area contributed by atoms with Crippen LogP contribution in [-0.2, 0) is 20.8 Å². The van der Waals surface area contributed by atoms with Gasteiger partial charge in [0.05, 0.1) is 18.3 Å². The molecule has 2 aromatic carbocycles. The molecule has 10 heteroatoms. The molecule has 5 rings (SSSR count). The van der Waals surface area contributed by atoms with Crippen LogP contribution in [-0.4, -0.2) is 53.9 Å². The Bertz CT molecular complexity index is 1340. The average molecular weight is 531 g/mol. The van der Waals surface area contributed by atoms with Crippen molar-refractivity contribution in [3.8, 4) is 5.75 Å². The molecule has 2 aliphatic heterocycles. The molecule has 3 aromatic rings. The third-order valence-corrected chi connectivity index (χ3v) is 7.69. The number of nitrogens with zero attached hydrogens (tertiary/aromatic N) is 1. The van der Waals surface area contributed by atoms with Crippen LogP contribution < -0.4 is 4.74 Å². The molecule has 202 valence electrons. The third-order valence-electron chi connectivity index (χ3n) is 7.69. The van der Waals surface area contributed by atoms with Gasteiger partial charge in [0, 0.05) is 48.4 Å². The Morgan fingerprint density at radius 2 is 1.95 bits per heavy atom. The zero-order chi connectivity index (χ0) is 27.1. The van der Waals surface area contributed by atoms with Gasteiger partial charge in [0.2, 0.25) is 0 Å². The van der Waals surface area contributed by atoms with Crippen LogP contribution in [0.3, 0.4) is 0 Å². The molecule has 3 heterocycles. The fourth-order valence-electron chi connectivity index (χ4n) is 5.74. The summed E-state index contributed by atoms with van der Waals surface area (Å²) in [7, 11) is 1.66. The second-order valence-electron chi connectivity index (χ2n) is 10.0. The molecule has 1 aromatic heterocycles. The van der Waals surface area contributed by atoms with Crippen LogP contribution in [0.2, 0.25) is 0 Å². The minimum absolute atomic E-state index is 0.0660. The number of aromatic amines is 1. The van der Waals surface area contributed by atoms with Crippen molar-refractivity contribution in [2.24, 2.45) is 0 Å². The SMILES string of the molecule is COc1cc(C)c2[nH]ccc2c1CN1CC[C@@]2(CCCO2)C[C@H]1c1ccc(C(=O)OC(=O)C(F)(F)F)cc1. The number of methoxy groups -OCH3 is 1. The van der Waals surface area contributed by atoms with Gasteiger partial charge in [-0.3, -0.25) is 4.90 Å². The minimum Gasteiger partial charge on any atom is -0.496 e. The van der Waals surface area contributed by atoms with E-state index in [1.54, 1.807) is 19.2 Å². The summed E-state index contributed by atoms with van der Waals surface area (Å²) in [5, 5.41) is 1.09. The van der Waals surface area contributed by atoms with Gasteiger partial charge in [-0.1, -0.05) is 12.1 Å². The first-order valence-electron chi connectivity index (χ1n) is 12.5. The highest BCUT2D eigenvalue weighted by Crippen LogP contribution is 2.45. The van der Waals surface area contributed by atoms with Gasteiger partial charge in [-0.05, 0) is 68.0 Å². The van der Waals surface area contributed by atoms with Gasteiger partial charge in [0.15, 0.2) is 0 Å². The highest BCUT2D eigenvalue weighted by molar-refractivity contribution is 5.98. The number of piperidine rings is 1. The van der Waals surface area contributed by atoms with Crippen molar-refractivity contribution in [3.63, 3.8) is 0 Å². The maximum absolute atomic E-state index is 12.5. The maximum Gasteiger partial charge on any atom is 0.491 e. The van der Waals surface area contributed by atoms with Crippen molar-refractivity contribution in [3.05, 3.63) is 64.8 Å². The zero-order valence-corrected chi connectivity index (χ0v) is 21.2. The van der Waals surface area contributed by atoms with Gasteiger partial charge in [-0.2, -0.15) is 13.2 Å². The van der Waals surface area contributed by atoms with Crippen molar-refractivity contribution < 1.29 is 37.0 Å². The maximum atomic E-state index is 12.5. The number of aryl methyl sites for hydroxylation is 1. The number of esters is 2. The summed E-state index contributed by atoms with van der Waals surface area (Å²) in [6.45, 7) is 4.14. The van der Waals surface area contributed by atoms with E-state index in [0.29, 0.717) is 6.54 Å². The van der Waals surface area contributed by atoms with Crippen LogP contribution in [0.15, 0.2) is 42.6 Å². The first-order valence-corrected chi connectivity index (χ1v) is 12.5. The van der Waals surface area contributed by atoms with Crippen molar-refractivity contribution in [2.45, 2.75) is 57.0 Å². The van der Waals surface area contributed by atoms with Crippen LogP contribution >= 0.6 is 0 Å². The van der Waals surface area contributed by atoms with E-state index in [2.05, 4.69) is 14.6 Å². The number of fused-ring (bicyclic) bond motifs is 1. The number of rotatable bonds is 5. The van der Waals surface area contributed by atoms with Crippen LogP contribution in [0.25, 0.3) is 10.9 Å². The molecular formula is C28H29F3N2O5. The Kier molecular flexibility index (Phi) is 6.96. The molecule has 2 fully saturated rings. The standard InChI is InChI=1S/C28H29F3N2O5/c1-17-14-23(36-2)21(20-8-11-32-24(17)20)16-33-12-10-27(9-3-13-37-27)15-22(33)18-4-6-19(7-5-18)25(34)38-26(35)28(29,30)31/h4-8,11,14,22,32H,3,9-10,12-13,15-16H2,1-2H3/t22-,27-/m0/s1. The Balaban J connectivity index is 1.44. The normalized spacial score (nSPS) is 22.2. The summed E-state index contributed by atoms with van der Waals surface area (Å²) in [6.07, 6.45) is 0.274. The lowest BCUT2D eigenvalue weighted by Gasteiger charge is -2.45. The number of halogens is 3. The van der Waals surface area contributed by atoms with E-state index in [0.717, 1.165) is 72.2 Å². The number of carbonyl (C=O) groups is 2. The molecule has 2 atom stereocenters. The smallest absolute Gasteiger partial charge is 0.491 e.